The molecule has 4 nitrogen and oxygen atoms in total. The molecule has 1 aromatic carbocycles. The lowest BCUT2D eigenvalue weighted by Gasteiger charge is -2.28. The van der Waals surface area contributed by atoms with E-state index in [1.165, 1.54) is 6.07 Å². The Kier molecular flexibility index (Phi) is 2.79. The number of aromatic hydroxyl groups is 2. The van der Waals surface area contributed by atoms with E-state index in [1.54, 1.807) is 12.1 Å². The first-order valence-electron chi connectivity index (χ1n) is 5.03. The maximum Gasteiger partial charge on any atom is 0.157 e. The zero-order valence-electron chi connectivity index (χ0n) is 8.60. The number of hydrogen-bond acceptors (Lipinski definition) is 4. The number of hydrogen-bond donors (Lipinski definition) is 3. The van der Waals surface area contributed by atoms with Crippen LogP contribution in [-0.4, -0.2) is 29.5 Å². The van der Waals surface area contributed by atoms with Crippen LogP contribution in [0, 0.1) is 0 Å². The van der Waals surface area contributed by atoms with E-state index in [2.05, 4.69) is 5.32 Å². The highest BCUT2D eigenvalue weighted by Gasteiger charge is 2.19. The Labute approximate surface area is 88.5 Å². The zero-order chi connectivity index (χ0) is 10.8. The molecule has 1 aliphatic heterocycles. The molecule has 82 valence electrons. The van der Waals surface area contributed by atoms with E-state index in [9.17, 15) is 10.2 Å². The van der Waals surface area contributed by atoms with Crippen LogP contribution in [-0.2, 0) is 4.74 Å². The number of phenolic OH excluding ortho intramolecular Hbond substituents is 2. The summed E-state index contributed by atoms with van der Waals surface area (Å²) < 4.78 is 5.51. The molecule has 1 aliphatic rings. The fraction of sp³-hybridized carbons (Fsp3) is 0.455. The molecule has 15 heavy (non-hydrogen) atoms. The molecule has 0 spiro atoms. The van der Waals surface area contributed by atoms with Crippen LogP contribution in [0.4, 0.5) is 0 Å². The molecule has 0 amide bonds. The molecule has 1 fully saturated rings. The van der Waals surface area contributed by atoms with Gasteiger partial charge in [0.1, 0.15) is 0 Å². The lowest BCUT2D eigenvalue weighted by molar-refractivity contribution is 0.0149. The molecule has 0 aliphatic carbocycles. The van der Waals surface area contributed by atoms with E-state index in [1.807, 2.05) is 6.92 Å². The number of phenols is 2. The molecule has 0 saturated carbocycles. The van der Waals surface area contributed by atoms with Gasteiger partial charge in [-0.25, -0.2) is 0 Å². The van der Waals surface area contributed by atoms with Crippen LogP contribution in [0.25, 0.3) is 0 Å². The van der Waals surface area contributed by atoms with Crippen molar-refractivity contribution in [2.45, 2.75) is 19.1 Å². The molecule has 2 rings (SSSR count). The molecule has 1 heterocycles. The standard InChI is InChI=1S/C11H15NO3/c1-7-5-12-9(6-15-7)8-2-3-10(13)11(14)4-8/h2-4,7,9,12-14H,5-6H2,1H3. The Morgan fingerprint density at radius 1 is 1.33 bits per heavy atom. The predicted molar refractivity (Wildman–Crippen MR) is 55.9 cm³/mol. The van der Waals surface area contributed by atoms with Gasteiger partial charge in [0, 0.05) is 6.54 Å². The molecular weight excluding hydrogens is 194 g/mol. The molecule has 2 unspecified atom stereocenters. The number of nitrogens with one attached hydrogen (secondary N) is 1. The van der Waals surface area contributed by atoms with Gasteiger partial charge in [-0.05, 0) is 24.6 Å². The normalized spacial score (nSPS) is 26.5. The summed E-state index contributed by atoms with van der Waals surface area (Å²) in [5, 5.41) is 21.9. The van der Waals surface area contributed by atoms with Crippen molar-refractivity contribution in [3.05, 3.63) is 23.8 Å². The average molecular weight is 209 g/mol. The first-order chi connectivity index (χ1) is 7.16. The highest BCUT2D eigenvalue weighted by Crippen LogP contribution is 2.28. The van der Waals surface area contributed by atoms with Crippen LogP contribution >= 0.6 is 0 Å². The minimum Gasteiger partial charge on any atom is -0.504 e. The molecule has 2 atom stereocenters. The van der Waals surface area contributed by atoms with Gasteiger partial charge in [0.05, 0.1) is 18.8 Å². The molecule has 3 N–H and O–H groups in total. The van der Waals surface area contributed by atoms with Gasteiger partial charge >= 0.3 is 0 Å². The van der Waals surface area contributed by atoms with E-state index in [0.29, 0.717) is 6.61 Å². The van der Waals surface area contributed by atoms with Gasteiger partial charge in [-0.3, -0.25) is 0 Å². The minimum atomic E-state index is -0.0937. The van der Waals surface area contributed by atoms with Crippen LogP contribution in [0.1, 0.15) is 18.5 Å². The van der Waals surface area contributed by atoms with E-state index in [0.717, 1.165) is 12.1 Å². The fourth-order valence-corrected chi connectivity index (χ4v) is 1.66. The van der Waals surface area contributed by atoms with Crippen molar-refractivity contribution in [3.63, 3.8) is 0 Å². The van der Waals surface area contributed by atoms with Crippen molar-refractivity contribution in [1.29, 1.82) is 0 Å². The third-order valence-electron chi connectivity index (χ3n) is 2.60. The van der Waals surface area contributed by atoms with E-state index in [-0.39, 0.29) is 23.6 Å². The number of rotatable bonds is 1. The molecule has 4 heteroatoms. The first kappa shape index (κ1) is 10.3. The summed E-state index contributed by atoms with van der Waals surface area (Å²) in [5.41, 5.74) is 0.928. The minimum absolute atomic E-state index is 0.0899. The van der Waals surface area contributed by atoms with Crippen molar-refractivity contribution in [2.75, 3.05) is 13.2 Å². The predicted octanol–water partition coefficient (Wildman–Crippen LogP) is 1.15. The van der Waals surface area contributed by atoms with Crippen LogP contribution in [0.3, 0.4) is 0 Å². The van der Waals surface area contributed by atoms with Gasteiger partial charge in [-0.2, -0.15) is 0 Å². The second-order valence-corrected chi connectivity index (χ2v) is 3.85. The molecule has 0 radical (unpaired) electrons. The molecule has 0 aromatic heterocycles. The SMILES string of the molecule is CC1CNC(c2ccc(O)c(O)c2)CO1. The van der Waals surface area contributed by atoms with Gasteiger partial charge in [-0.1, -0.05) is 6.07 Å². The Balaban J connectivity index is 2.12. The third kappa shape index (κ3) is 2.22. The number of ether oxygens (including phenoxy) is 1. The summed E-state index contributed by atoms with van der Waals surface area (Å²) in [4.78, 5) is 0. The van der Waals surface area contributed by atoms with Gasteiger partial charge < -0.3 is 20.3 Å². The van der Waals surface area contributed by atoms with Gasteiger partial charge in [-0.15, -0.1) is 0 Å². The second kappa shape index (κ2) is 4.08. The van der Waals surface area contributed by atoms with Crippen molar-refractivity contribution >= 4 is 0 Å². The number of benzene rings is 1. The molecule has 0 bridgehead atoms. The van der Waals surface area contributed by atoms with Gasteiger partial charge in [0.15, 0.2) is 11.5 Å². The topological polar surface area (TPSA) is 61.7 Å². The van der Waals surface area contributed by atoms with Crippen molar-refractivity contribution < 1.29 is 14.9 Å². The smallest absolute Gasteiger partial charge is 0.157 e. The van der Waals surface area contributed by atoms with Crippen molar-refractivity contribution in [2.24, 2.45) is 0 Å². The van der Waals surface area contributed by atoms with Gasteiger partial charge in [0.2, 0.25) is 0 Å². The Morgan fingerprint density at radius 2 is 2.13 bits per heavy atom. The van der Waals surface area contributed by atoms with Gasteiger partial charge in [0.25, 0.3) is 0 Å². The Hall–Kier alpha value is -1.26. The van der Waals surface area contributed by atoms with E-state index < -0.39 is 0 Å². The number of morpholine rings is 1. The maximum absolute atomic E-state index is 9.36. The summed E-state index contributed by atoms with van der Waals surface area (Å²) in [7, 11) is 0. The van der Waals surface area contributed by atoms with Crippen LogP contribution in [0.5, 0.6) is 11.5 Å². The second-order valence-electron chi connectivity index (χ2n) is 3.85. The monoisotopic (exact) mass is 209 g/mol. The largest absolute Gasteiger partial charge is 0.504 e. The van der Waals surface area contributed by atoms with Crippen LogP contribution in [0.2, 0.25) is 0 Å². The maximum atomic E-state index is 9.36. The molecule has 1 saturated heterocycles. The van der Waals surface area contributed by atoms with Crippen LogP contribution in [0.15, 0.2) is 18.2 Å². The lowest BCUT2D eigenvalue weighted by Crippen LogP contribution is -2.39. The van der Waals surface area contributed by atoms with E-state index >= 15 is 0 Å². The fourth-order valence-electron chi connectivity index (χ4n) is 1.66. The summed E-state index contributed by atoms with van der Waals surface area (Å²) in [6.07, 6.45) is 0.229. The Bertz CT molecular complexity index is 346. The summed E-state index contributed by atoms with van der Waals surface area (Å²) in [6.45, 7) is 3.40. The highest BCUT2D eigenvalue weighted by atomic mass is 16.5. The summed E-state index contributed by atoms with van der Waals surface area (Å²) in [5.74, 6) is -0.184. The van der Waals surface area contributed by atoms with Crippen molar-refractivity contribution in [1.82, 2.24) is 5.32 Å². The summed E-state index contributed by atoms with van der Waals surface area (Å²) in [6, 6.07) is 4.93. The molecular formula is C11H15NO3. The average Bonchev–Trinajstić information content (AvgIpc) is 2.23. The molecule has 1 aromatic rings. The third-order valence-corrected chi connectivity index (χ3v) is 2.60. The highest BCUT2D eigenvalue weighted by molar-refractivity contribution is 5.41. The van der Waals surface area contributed by atoms with Crippen molar-refractivity contribution in [3.8, 4) is 11.5 Å². The lowest BCUT2D eigenvalue weighted by atomic mass is 10.1. The zero-order valence-corrected chi connectivity index (χ0v) is 8.60. The Morgan fingerprint density at radius 3 is 2.73 bits per heavy atom. The van der Waals surface area contributed by atoms with Crippen LogP contribution < -0.4 is 5.32 Å². The summed E-state index contributed by atoms with van der Waals surface area (Å²) >= 11 is 0. The van der Waals surface area contributed by atoms with E-state index in [4.69, 9.17) is 4.74 Å². The first-order valence-corrected chi connectivity index (χ1v) is 5.03. The quantitative estimate of drug-likeness (QED) is 0.607.